The van der Waals surface area contributed by atoms with Crippen LogP contribution >= 0.6 is 0 Å². The molecule has 4 rings (SSSR count). The fourth-order valence-corrected chi connectivity index (χ4v) is 4.02. The Morgan fingerprint density at radius 1 is 1.06 bits per heavy atom. The number of rotatable bonds is 8. The number of fused-ring (bicyclic) bond motifs is 1. The summed E-state index contributed by atoms with van der Waals surface area (Å²) in [6, 6.07) is 18.6. The minimum atomic E-state index is -2.88. The van der Waals surface area contributed by atoms with E-state index in [4.69, 9.17) is 0 Å². The third-order valence-electron chi connectivity index (χ3n) is 5.95. The molecule has 5 nitrogen and oxygen atoms in total. The van der Waals surface area contributed by atoms with Gasteiger partial charge in [0.15, 0.2) is 5.69 Å². The molecule has 0 aliphatic heterocycles. The fourth-order valence-electron chi connectivity index (χ4n) is 4.02. The number of pyridine rings is 1. The van der Waals surface area contributed by atoms with Crippen molar-refractivity contribution in [3.8, 4) is 5.75 Å². The molecule has 0 atom stereocenters. The number of halogens is 2. The van der Waals surface area contributed by atoms with Crippen LogP contribution in [0.3, 0.4) is 0 Å². The maximum atomic E-state index is 13.6. The third kappa shape index (κ3) is 6.04. The number of carbonyl (C=O) groups excluding carboxylic acids is 1. The summed E-state index contributed by atoms with van der Waals surface area (Å²) in [7, 11) is 0. The Balaban J connectivity index is 1.59. The van der Waals surface area contributed by atoms with E-state index in [9.17, 15) is 13.6 Å². The van der Waals surface area contributed by atoms with E-state index >= 15 is 0 Å². The first-order valence-electron chi connectivity index (χ1n) is 11.6. The zero-order chi connectivity index (χ0) is 25.0. The number of aromatic amines is 1. The highest BCUT2D eigenvalue weighted by Crippen LogP contribution is 2.24. The highest BCUT2D eigenvalue weighted by atomic mass is 19.3. The van der Waals surface area contributed by atoms with Crippen molar-refractivity contribution < 1.29 is 18.3 Å². The summed E-state index contributed by atoms with van der Waals surface area (Å²) in [5.74, 6) is -0.0936. The summed E-state index contributed by atoms with van der Waals surface area (Å²) >= 11 is 0. The monoisotopic (exact) mass is 477 g/mol. The van der Waals surface area contributed by atoms with Gasteiger partial charge < -0.3 is 14.6 Å². The summed E-state index contributed by atoms with van der Waals surface area (Å²) < 4.78 is 29.8. The molecule has 0 saturated heterocycles. The third-order valence-corrected chi connectivity index (χ3v) is 5.95. The second-order valence-corrected chi connectivity index (χ2v) is 9.55. The van der Waals surface area contributed by atoms with E-state index in [0.717, 1.165) is 16.5 Å². The molecule has 4 aromatic rings. The molecule has 0 bridgehead atoms. The number of nitrogens with one attached hydrogen (secondary N) is 1. The summed E-state index contributed by atoms with van der Waals surface area (Å²) in [5, 5.41) is 0.912. The van der Waals surface area contributed by atoms with Crippen molar-refractivity contribution in [2.75, 3.05) is 6.54 Å². The van der Waals surface area contributed by atoms with Crippen LogP contribution in [0.25, 0.3) is 10.9 Å². The van der Waals surface area contributed by atoms with Crippen LogP contribution in [-0.2, 0) is 18.4 Å². The van der Waals surface area contributed by atoms with Crippen LogP contribution in [0.2, 0.25) is 0 Å². The van der Waals surface area contributed by atoms with Crippen molar-refractivity contribution in [2.45, 2.75) is 45.8 Å². The minimum absolute atomic E-state index is 0.0343. The van der Waals surface area contributed by atoms with Crippen LogP contribution in [0.4, 0.5) is 8.78 Å². The number of ether oxygens (including phenoxy) is 1. The molecule has 2 aromatic heterocycles. The first-order valence-corrected chi connectivity index (χ1v) is 11.6. The standard InChI is InChI=1S/C28H29F2N3O2/c1-28(2,3)22-9-7-20(8-10-22)18-33(16-13-19-5-4-6-23(17-19)35-27(29)30)26(34)25-24-21(11-14-31-24)12-15-32-25/h4-12,14-15,17,27,31H,13,16,18H2,1-3H3. The first-order chi connectivity index (χ1) is 16.7. The van der Waals surface area contributed by atoms with Crippen LogP contribution in [0.15, 0.2) is 73.1 Å². The molecule has 1 amide bonds. The van der Waals surface area contributed by atoms with E-state index in [0.29, 0.717) is 30.7 Å². The topological polar surface area (TPSA) is 58.2 Å². The van der Waals surface area contributed by atoms with Crippen molar-refractivity contribution in [1.82, 2.24) is 14.9 Å². The van der Waals surface area contributed by atoms with Crippen molar-refractivity contribution in [2.24, 2.45) is 0 Å². The predicted molar refractivity (Wildman–Crippen MR) is 133 cm³/mol. The Kier molecular flexibility index (Phi) is 7.15. The van der Waals surface area contributed by atoms with Crippen LogP contribution in [0.5, 0.6) is 5.75 Å². The minimum Gasteiger partial charge on any atom is -0.435 e. The van der Waals surface area contributed by atoms with E-state index < -0.39 is 6.61 Å². The number of H-pyrrole nitrogens is 1. The van der Waals surface area contributed by atoms with Crippen molar-refractivity contribution >= 4 is 16.8 Å². The Morgan fingerprint density at radius 3 is 2.54 bits per heavy atom. The predicted octanol–water partition coefficient (Wildman–Crippen LogP) is 6.35. The summed E-state index contributed by atoms with van der Waals surface area (Å²) in [4.78, 5) is 22.9. The smallest absolute Gasteiger partial charge is 0.387 e. The number of hydrogen-bond donors (Lipinski definition) is 1. The molecule has 1 N–H and O–H groups in total. The van der Waals surface area contributed by atoms with Gasteiger partial charge in [-0.1, -0.05) is 57.2 Å². The maximum Gasteiger partial charge on any atom is 0.387 e. The number of hydrogen-bond acceptors (Lipinski definition) is 3. The molecule has 2 aromatic carbocycles. The molecule has 0 spiro atoms. The zero-order valence-corrected chi connectivity index (χ0v) is 20.1. The van der Waals surface area contributed by atoms with E-state index in [2.05, 4.69) is 47.6 Å². The van der Waals surface area contributed by atoms with Gasteiger partial charge >= 0.3 is 6.61 Å². The summed E-state index contributed by atoms with van der Waals surface area (Å²) in [5.41, 5.74) is 4.10. The fraction of sp³-hybridized carbons (Fsp3) is 0.286. The number of alkyl halides is 2. The van der Waals surface area contributed by atoms with E-state index in [1.807, 2.05) is 30.3 Å². The lowest BCUT2D eigenvalue weighted by Gasteiger charge is -2.24. The SMILES string of the molecule is CC(C)(C)c1ccc(CN(CCc2cccc(OC(F)F)c2)C(=O)c2nccc3cc[nH]c23)cc1. The molecule has 0 aliphatic carbocycles. The molecule has 0 radical (unpaired) electrons. The van der Waals surface area contributed by atoms with Crippen molar-refractivity contribution in [1.29, 1.82) is 0 Å². The lowest BCUT2D eigenvalue weighted by molar-refractivity contribution is -0.0498. The van der Waals surface area contributed by atoms with E-state index in [1.54, 1.807) is 29.4 Å². The molecule has 0 fully saturated rings. The second kappa shape index (κ2) is 10.3. The highest BCUT2D eigenvalue weighted by Gasteiger charge is 2.21. The summed E-state index contributed by atoms with van der Waals surface area (Å²) in [6.07, 6.45) is 3.89. The van der Waals surface area contributed by atoms with Crippen LogP contribution in [-0.4, -0.2) is 33.9 Å². The van der Waals surface area contributed by atoms with Crippen molar-refractivity contribution in [3.05, 3.63) is 95.4 Å². The Morgan fingerprint density at radius 2 is 1.83 bits per heavy atom. The highest BCUT2D eigenvalue weighted by molar-refractivity contribution is 6.03. The van der Waals surface area contributed by atoms with Crippen LogP contribution < -0.4 is 4.74 Å². The molecule has 0 unspecified atom stereocenters. The van der Waals surface area contributed by atoms with Crippen molar-refractivity contribution in [3.63, 3.8) is 0 Å². The average Bonchev–Trinajstić information content (AvgIpc) is 3.30. The largest absolute Gasteiger partial charge is 0.435 e. The van der Waals surface area contributed by atoms with Gasteiger partial charge in [-0.15, -0.1) is 0 Å². The van der Waals surface area contributed by atoms with Gasteiger partial charge in [0.05, 0.1) is 5.52 Å². The Bertz CT molecular complexity index is 1290. The number of amides is 1. The van der Waals surface area contributed by atoms with Gasteiger partial charge in [0.2, 0.25) is 0 Å². The van der Waals surface area contributed by atoms with Gasteiger partial charge in [0.25, 0.3) is 5.91 Å². The first kappa shape index (κ1) is 24.4. The lowest BCUT2D eigenvalue weighted by atomic mass is 9.87. The number of benzene rings is 2. The van der Waals surface area contributed by atoms with Gasteiger partial charge in [-0.25, -0.2) is 4.98 Å². The molecular weight excluding hydrogens is 448 g/mol. The molecule has 2 heterocycles. The second-order valence-electron chi connectivity index (χ2n) is 9.55. The lowest BCUT2D eigenvalue weighted by Crippen LogP contribution is -2.33. The quantitative estimate of drug-likeness (QED) is 0.322. The van der Waals surface area contributed by atoms with Gasteiger partial charge in [-0.3, -0.25) is 4.79 Å². The number of aromatic nitrogens is 2. The van der Waals surface area contributed by atoms with Gasteiger partial charge in [-0.2, -0.15) is 8.78 Å². The molecular formula is C28H29F2N3O2. The zero-order valence-electron chi connectivity index (χ0n) is 20.1. The van der Waals surface area contributed by atoms with Gasteiger partial charge in [0.1, 0.15) is 5.75 Å². The molecule has 0 saturated carbocycles. The average molecular weight is 478 g/mol. The van der Waals surface area contributed by atoms with Gasteiger partial charge in [0, 0.05) is 30.9 Å². The molecule has 182 valence electrons. The normalized spacial score (nSPS) is 11.7. The summed E-state index contributed by atoms with van der Waals surface area (Å²) in [6.45, 7) is 4.38. The Hall–Kier alpha value is -3.74. The van der Waals surface area contributed by atoms with Crippen LogP contribution in [0, 0.1) is 0 Å². The number of nitrogens with zero attached hydrogens (tertiary/aromatic N) is 2. The Labute approximate surface area is 203 Å². The van der Waals surface area contributed by atoms with Gasteiger partial charge in [-0.05, 0) is 52.8 Å². The number of carbonyl (C=O) groups is 1. The van der Waals surface area contributed by atoms with Crippen LogP contribution in [0.1, 0.15) is 48.0 Å². The van der Waals surface area contributed by atoms with E-state index in [1.165, 1.54) is 11.6 Å². The molecule has 0 aliphatic rings. The molecule has 7 heteroatoms. The maximum absolute atomic E-state index is 13.6. The molecule has 35 heavy (non-hydrogen) atoms. The van der Waals surface area contributed by atoms with E-state index in [-0.39, 0.29) is 17.1 Å².